The number of nitrogens with one attached hydrogen (secondary N) is 1. The molecule has 6 nitrogen and oxygen atoms in total. The fourth-order valence-electron chi connectivity index (χ4n) is 4.89. The molecule has 0 heterocycles. The molecule has 186 valence electrons. The topological polar surface area (TPSA) is 97.4 Å². The van der Waals surface area contributed by atoms with E-state index in [0.29, 0.717) is 18.4 Å². The second kappa shape index (κ2) is 10.6. The lowest BCUT2D eigenvalue weighted by Gasteiger charge is -2.30. The van der Waals surface area contributed by atoms with Gasteiger partial charge in [-0.3, -0.25) is 4.79 Å². The number of sulfone groups is 1. The molecule has 1 aromatic rings. The smallest absolute Gasteiger partial charge is 0.240 e. The normalized spacial score (nSPS) is 23.4. The van der Waals surface area contributed by atoms with E-state index in [4.69, 9.17) is 0 Å². The lowest BCUT2D eigenvalue weighted by atomic mass is 9.79. The van der Waals surface area contributed by atoms with Crippen LogP contribution in [-0.4, -0.2) is 39.2 Å². The van der Waals surface area contributed by atoms with Crippen LogP contribution < -0.4 is 4.72 Å². The zero-order valence-corrected chi connectivity index (χ0v) is 21.8. The summed E-state index contributed by atoms with van der Waals surface area (Å²) in [6, 6.07) is 6.70. The Morgan fingerprint density at radius 3 is 2.18 bits per heavy atom. The fourth-order valence-corrected chi connectivity index (χ4v) is 7.72. The van der Waals surface area contributed by atoms with Gasteiger partial charge in [0.2, 0.25) is 10.0 Å². The molecule has 1 N–H and O–H groups in total. The third-order valence-electron chi connectivity index (χ3n) is 7.20. The molecule has 0 radical (unpaired) electrons. The highest BCUT2D eigenvalue weighted by molar-refractivity contribution is 7.92. The van der Waals surface area contributed by atoms with Crippen molar-refractivity contribution in [3.05, 3.63) is 29.8 Å². The minimum atomic E-state index is -3.60. The van der Waals surface area contributed by atoms with E-state index in [-0.39, 0.29) is 40.7 Å². The predicted octanol–water partition coefficient (Wildman–Crippen LogP) is 4.43. The van der Waals surface area contributed by atoms with Crippen LogP contribution in [0.25, 0.3) is 0 Å². The van der Waals surface area contributed by atoms with Crippen LogP contribution in [0.1, 0.15) is 84.1 Å². The van der Waals surface area contributed by atoms with E-state index in [1.807, 2.05) is 0 Å². The maximum Gasteiger partial charge on any atom is 0.240 e. The molecule has 0 aromatic heterocycles. The lowest BCUT2D eigenvalue weighted by molar-refractivity contribution is -0.123. The number of carbonyl (C=O) groups excluding carboxylic acids is 1. The van der Waals surface area contributed by atoms with E-state index in [0.717, 1.165) is 44.9 Å². The van der Waals surface area contributed by atoms with Crippen LogP contribution >= 0.6 is 0 Å². The first-order valence-electron chi connectivity index (χ1n) is 12.2. The first kappa shape index (κ1) is 26.4. The Hall–Kier alpha value is -1.25. The maximum absolute atomic E-state index is 12.9. The third-order valence-corrected chi connectivity index (χ3v) is 11.5. The number of rotatable bonds is 8. The molecule has 0 amide bonds. The molecule has 0 atom stereocenters. The Kier molecular flexibility index (Phi) is 8.44. The molecular formula is C25H39NO5S2. The van der Waals surface area contributed by atoms with E-state index in [1.165, 1.54) is 0 Å². The molecule has 2 aliphatic rings. The predicted molar refractivity (Wildman–Crippen MR) is 131 cm³/mol. The zero-order valence-electron chi connectivity index (χ0n) is 20.2. The Balaban J connectivity index is 1.56. The summed E-state index contributed by atoms with van der Waals surface area (Å²) in [4.78, 5) is 13.1. The highest BCUT2D eigenvalue weighted by Gasteiger charge is 2.34. The van der Waals surface area contributed by atoms with Crippen molar-refractivity contribution in [2.45, 2.75) is 101 Å². The van der Waals surface area contributed by atoms with Gasteiger partial charge in [-0.1, -0.05) is 31.4 Å². The molecule has 2 aliphatic carbocycles. The molecule has 8 heteroatoms. The summed E-state index contributed by atoms with van der Waals surface area (Å²) in [7, 11) is -6.76. The van der Waals surface area contributed by atoms with Crippen molar-refractivity contribution in [2.24, 2.45) is 11.8 Å². The largest absolute Gasteiger partial charge is 0.299 e. The Morgan fingerprint density at radius 1 is 0.939 bits per heavy atom. The summed E-state index contributed by atoms with van der Waals surface area (Å²) in [6.07, 6.45) is 8.09. The Morgan fingerprint density at radius 2 is 1.58 bits per heavy atom. The molecule has 0 saturated heterocycles. The molecule has 2 fully saturated rings. The third kappa shape index (κ3) is 7.12. The minimum absolute atomic E-state index is 0.00804. The van der Waals surface area contributed by atoms with Gasteiger partial charge in [-0.05, 0) is 82.9 Å². The van der Waals surface area contributed by atoms with Crippen molar-refractivity contribution in [1.29, 1.82) is 0 Å². The van der Waals surface area contributed by atoms with Crippen molar-refractivity contribution in [2.75, 3.05) is 5.75 Å². The summed E-state index contributed by atoms with van der Waals surface area (Å²) in [5.41, 5.74) is 0.712. The number of ketones is 1. The summed E-state index contributed by atoms with van der Waals surface area (Å²) >= 11 is 0. The van der Waals surface area contributed by atoms with E-state index in [2.05, 4.69) is 4.72 Å². The SMILES string of the molecule is CC(C)(C)S(=O)(=O)CC1CCC(C(=O)Cc2cccc(S(=O)(=O)NC3CCCCC3)c2)CC1. The monoisotopic (exact) mass is 497 g/mol. The minimum Gasteiger partial charge on any atom is -0.299 e. The number of hydrogen-bond donors (Lipinski definition) is 1. The first-order chi connectivity index (χ1) is 15.4. The van der Waals surface area contributed by atoms with Crippen LogP contribution in [0.15, 0.2) is 29.2 Å². The van der Waals surface area contributed by atoms with Gasteiger partial charge >= 0.3 is 0 Å². The van der Waals surface area contributed by atoms with Gasteiger partial charge in [0.1, 0.15) is 5.78 Å². The molecular weight excluding hydrogens is 458 g/mol. The highest BCUT2D eigenvalue weighted by atomic mass is 32.2. The van der Waals surface area contributed by atoms with E-state index < -0.39 is 24.6 Å². The van der Waals surface area contributed by atoms with Gasteiger partial charge in [0.25, 0.3) is 0 Å². The number of hydrogen-bond acceptors (Lipinski definition) is 5. The molecule has 0 bridgehead atoms. The van der Waals surface area contributed by atoms with Crippen LogP contribution in [0.2, 0.25) is 0 Å². The van der Waals surface area contributed by atoms with E-state index in [9.17, 15) is 21.6 Å². The molecule has 2 saturated carbocycles. The van der Waals surface area contributed by atoms with E-state index >= 15 is 0 Å². The van der Waals surface area contributed by atoms with Crippen LogP contribution in [0.3, 0.4) is 0 Å². The van der Waals surface area contributed by atoms with Crippen molar-refractivity contribution in [3.63, 3.8) is 0 Å². The quantitative estimate of drug-likeness (QED) is 0.573. The van der Waals surface area contributed by atoms with Gasteiger partial charge in [-0.15, -0.1) is 0 Å². The summed E-state index contributed by atoms with van der Waals surface area (Å²) in [5.74, 6) is 0.324. The van der Waals surface area contributed by atoms with Crippen molar-refractivity contribution >= 4 is 25.6 Å². The van der Waals surface area contributed by atoms with Crippen LogP contribution in [0.5, 0.6) is 0 Å². The van der Waals surface area contributed by atoms with Gasteiger partial charge in [0.05, 0.1) is 15.4 Å². The number of sulfonamides is 1. The van der Waals surface area contributed by atoms with E-state index in [1.54, 1.807) is 45.0 Å². The van der Waals surface area contributed by atoms with Crippen LogP contribution in [0.4, 0.5) is 0 Å². The Bertz CT molecular complexity index is 1030. The summed E-state index contributed by atoms with van der Waals surface area (Å²) in [5, 5.41) is 0. The van der Waals surface area contributed by atoms with Crippen LogP contribution in [0, 0.1) is 11.8 Å². The van der Waals surface area contributed by atoms with Crippen molar-refractivity contribution in [3.8, 4) is 0 Å². The number of benzene rings is 1. The standard InChI is InChI=1S/C25H39NO5S2/c1-25(2,3)32(28,29)18-19-12-14-21(15-13-19)24(27)17-20-8-7-11-23(16-20)33(30,31)26-22-9-5-4-6-10-22/h7-8,11,16,19,21-22,26H,4-6,9-10,12-15,17-18H2,1-3H3. The van der Waals surface area contributed by atoms with Crippen LogP contribution in [-0.2, 0) is 31.1 Å². The molecule has 0 aliphatic heterocycles. The maximum atomic E-state index is 12.9. The average molecular weight is 498 g/mol. The number of Topliss-reactive ketones (excluding diaryl/α,β-unsaturated/α-hetero) is 1. The fraction of sp³-hybridized carbons (Fsp3) is 0.720. The van der Waals surface area contributed by atoms with Crippen molar-refractivity contribution < 1.29 is 21.6 Å². The summed E-state index contributed by atoms with van der Waals surface area (Å²) < 4.78 is 52.7. The molecule has 0 spiro atoms. The second-order valence-corrected chi connectivity index (χ2v) is 15.4. The van der Waals surface area contributed by atoms with Gasteiger partial charge < -0.3 is 0 Å². The van der Waals surface area contributed by atoms with Crippen molar-refractivity contribution in [1.82, 2.24) is 4.72 Å². The molecule has 3 rings (SSSR count). The average Bonchev–Trinajstić information content (AvgIpc) is 2.74. The first-order valence-corrected chi connectivity index (χ1v) is 15.4. The lowest BCUT2D eigenvalue weighted by Crippen LogP contribution is -2.36. The molecule has 33 heavy (non-hydrogen) atoms. The van der Waals surface area contributed by atoms with Gasteiger partial charge in [-0.2, -0.15) is 0 Å². The highest BCUT2D eigenvalue weighted by Crippen LogP contribution is 2.33. The zero-order chi connectivity index (χ0) is 24.3. The Labute approximate surface area is 199 Å². The summed E-state index contributed by atoms with van der Waals surface area (Å²) in [6.45, 7) is 5.20. The molecule has 1 aromatic carbocycles. The van der Waals surface area contributed by atoms with Gasteiger partial charge in [0, 0.05) is 18.4 Å². The number of carbonyl (C=O) groups is 1. The second-order valence-electron chi connectivity index (χ2n) is 10.9. The van der Waals surface area contributed by atoms with Gasteiger partial charge in [-0.25, -0.2) is 21.6 Å². The molecule has 0 unspecified atom stereocenters. The van der Waals surface area contributed by atoms with Gasteiger partial charge in [0.15, 0.2) is 9.84 Å².